The standard InChI is InChI=1S/C17H21N5O2/c1-12-9-19-21(10-12)8-7-18-13(2)17(24)22-11-16(23)20-14-5-3-4-6-15(14)22/h3-6,9-10,13,18H,7-8,11H2,1-2H3,(H,20,23)/t13-/m1/s1. The third-order valence-corrected chi connectivity index (χ3v) is 3.96. The van der Waals surface area contributed by atoms with Crippen molar-refractivity contribution >= 4 is 23.2 Å². The summed E-state index contributed by atoms with van der Waals surface area (Å²) in [5, 5.41) is 10.2. The Morgan fingerprint density at radius 1 is 1.42 bits per heavy atom. The molecule has 7 nitrogen and oxygen atoms in total. The number of benzene rings is 1. The summed E-state index contributed by atoms with van der Waals surface area (Å²) in [6.45, 7) is 5.15. The Morgan fingerprint density at radius 3 is 2.96 bits per heavy atom. The molecule has 0 radical (unpaired) electrons. The largest absolute Gasteiger partial charge is 0.323 e. The molecule has 7 heteroatoms. The molecule has 0 spiro atoms. The predicted octanol–water partition coefficient (Wildman–Crippen LogP) is 1.15. The highest BCUT2D eigenvalue weighted by Crippen LogP contribution is 2.29. The summed E-state index contributed by atoms with van der Waals surface area (Å²) in [6, 6.07) is 6.94. The number of nitrogens with zero attached hydrogens (tertiary/aromatic N) is 3. The van der Waals surface area contributed by atoms with E-state index in [2.05, 4.69) is 15.7 Å². The first-order valence-electron chi connectivity index (χ1n) is 7.97. The van der Waals surface area contributed by atoms with E-state index in [-0.39, 0.29) is 24.4 Å². The molecular weight excluding hydrogens is 306 g/mol. The van der Waals surface area contributed by atoms with Gasteiger partial charge in [0.25, 0.3) is 0 Å². The third-order valence-electron chi connectivity index (χ3n) is 3.96. The van der Waals surface area contributed by atoms with Gasteiger partial charge in [-0.25, -0.2) is 0 Å². The minimum Gasteiger partial charge on any atom is -0.323 e. The molecule has 1 aliphatic rings. The van der Waals surface area contributed by atoms with Crippen molar-refractivity contribution in [1.82, 2.24) is 15.1 Å². The van der Waals surface area contributed by atoms with Gasteiger partial charge in [-0.1, -0.05) is 12.1 Å². The van der Waals surface area contributed by atoms with Gasteiger partial charge in [-0.2, -0.15) is 5.10 Å². The fourth-order valence-corrected chi connectivity index (χ4v) is 2.74. The number of carbonyl (C=O) groups is 2. The van der Waals surface area contributed by atoms with Crippen molar-refractivity contribution in [2.75, 3.05) is 23.3 Å². The zero-order valence-corrected chi connectivity index (χ0v) is 13.8. The summed E-state index contributed by atoms with van der Waals surface area (Å²) in [5.74, 6) is -0.296. The zero-order valence-electron chi connectivity index (χ0n) is 13.8. The molecule has 0 unspecified atom stereocenters. The van der Waals surface area contributed by atoms with Gasteiger partial charge in [0.2, 0.25) is 11.8 Å². The number of aryl methyl sites for hydroxylation is 1. The van der Waals surface area contributed by atoms with E-state index in [1.807, 2.05) is 42.9 Å². The molecule has 126 valence electrons. The Bertz CT molecular complexity index is 755. The Kier molecular flexibility index (Phi) is 4.61. The van der Waals surface area contributed by atoms with E-state index in [1.165, 1.54) is 4.90 Å². The van der Waals surface area contributed by atoms with E-state index >= 15 is 0 Å². The van der Waals surface area contributed by atoms with Crippen LogP contribution in [0.3, 0.4) is 0 Å². The fourth-order valence-electron chi connectivity index (χ4n) is 2.74. The first kappa shape index (κ1) is 16.2. The monoisotopic (exact) mass is 327 g/mol. The Hall–Kier alpha value is -2.67. The Balaban J connectivity index is 1.62. The quantitative estimate of drug-likeness (QED) is 0.863. The van der Waals surface area contributed by atoms with Crippen LogP contribution >= 0.6 is 0 Å². The summed E-state index contributed by atoms with van der Waals surface area (Å²) < 4.78 is 1.84. The molecule has 24 heavy (non-hydrogen) atoms. The molecule has 0 saturated heterocycles. The van der Waals surface area contributed by atoms with Crippen LogP contribution < -0.4 is 15.5 Å². The second-order valence-corrected chi connectivity index (χ2v) is 5.95. The maximum atomic E-state index is 12.7. The average molecular weight is 327 g/mol. The topological polar surface area (TPSA) is 79.3 Å². The number of amides is 2. The van der Waals surface area contributed by atoms with E-state index in [9.17, 15) is 9.59 Å². The van der Waals surface area contributed by atoms with Gasteiger partial charge in [-0.3, -0.25) is 19.2 Å². The highest BCUT2D eigenvalue weighted by Gasteiger charge is 2.29. The van der Waals surface area contributed by atoms with Gasteiger partial charge >= 0.3 is 0 Å². The highest BCUT2D eigenvalue weighted by atomic mass is 16.2. The second-order valence-electron chi connectivity index (χ2n) is 5.95. The van der Waals surface area contributed by atoms with Crippen LogP contribution in [0.5, 0.6) is 0 Å². The molecule has 0 bridgehead atoms. The van der Waals surface area contributed by atoms with Gasteiger partial charge in [-0.15, -0.1) is 0 Å². The van der Waals surface area contributed by atoms with Crippen molar-refractivity contribution in [3.8, 4) is 0 Å². The van der Waals surface area contributed by atoms with Crippen molar-refractivity contribution in [2.45, 2.75) is 26.4 Å². The molecule has 3 rings (SSSR count). The van der Waals surface area contributed by atoms with Gasteiger partial charge < -0.3 is 10.6 Å². The summed E-state index contributed by atoms with van der Waals surface area (Å²) in [6.07, 6.45) is 3.76. The average Bonchev–Trinajstić information content (AvgIpc) is 2.98. The number of hydrogen-bond donors (Lipinski definition) is 2. The van der Waals surface area contributed by atoms with Crippen LogP contribution in [0.15, 0.2) is 36.7 Å². The van der Waals surface area contributed by atoms with E-state index in [0.717, 1.165) is 11.3 Å². The van der Waals surface area contributed by atoms with Crippen LogP contribution in [-0.4, -0.2) is 40.7 Å². The molecule has 0 saturated carbocycles. The first-order valence-corrected chi connectivity index (χ1v) is 7.97. The van der Waals surface area contributed by atoms with Crippen molar-refractivity contribution in [2.24, 2.45) is 0 Å². The molecule has 2 amide bonds. The third kappa shape index (κ3) is 3.46. The van der Waals surface area contributed by atoms with Crippen LogP contribution in [0, 0.1) is 6.92 Å². The summed E-state index contributed by atoms with van der Waals surface area (Å²) in [5.41, 5.74) is 2.51. The second kappa shape index (κ2) is 6.84. The smallest absolute Gasteiger partial charge is 0.244 e. The summed E-state index contributed by atoms with van der Waals surface area (Å²) >= 11 is 0. The van der Waals surface area contributed by atoms with Gasteiger partial charge in [0, 0.05) is 12.7 Å². The van der Waals surface area contributed by atoms with Crippen molar-refractivity contribution < 1.29 is 9.59 Å². The molecule has 0 fully saturated rings. The van der Waals surface area contributed by atoms with Gasteiger partial charge in [0.15, 0.2) is 0 Å². The number of anilines is 2. The van der Waals surface area contributed by atoms with E-state index in [0.29, 0.717) is 18.8 Å². The number of rotatable bonds is 5. The maximum absolute atomic E-state index is 12.7. The maximum Gasteiger partial charge on any atom is 0.244 e. The minimum atomic E-state index is -0.388. The van der Waals surface area contributed by atoms with E-state index < -0.39 is 0 Å². The molecule has 2 heterocycles. The van der Waals surface area contributed by atoms with Gasteiger partial charge in [0.05, 0.1) is 30.2 Å². The number of nitrogens with one attached hydrogen (secondary N) is 2. The van der Waals surface area contributed by atoms with Crippen molar-refractivity contribution in [1.29, 1.82) is 0 Å². The number of fused-ring (bicyclic) bond motifs is 1. The summed E-state index contributed by atoms with van der Waals surface area (Å²) in [4.78, 5) is 26.1. The number of aromatic nitrogens is 2. The lowest BCUT2D eigenvalue weighted by atomic mass is 10.1. The SMILES string of the molecule is Cc1cnn(CCN[C@H](C)C(=O)N2CC(=O)Nc3ccccc32)c1. The lowest BCUT2D eigenvalue weighted by Gasteiger charge is -2.31. The number of hydrogen-bond acceptors (Lipinski definition) is 4. The summed E-state index contributed by atoms with van der Waals surface area (Å²) in [7, 11) is 0. The number of para-hydroxylation sites is 2. The van der Waals surface area contributed by atoms with Crippen LogP contribution in [-0.2, 0) is 16.1 Å². The van der Waals surface area contributed by atoms with Crippen LogP contribution in [0.25, 0.3) is 0 Å². The Labute approximate surface area is 140 Å². The Morgan fingerprint density at radius 2 is 2.21 bits per heavy atom. The number of carbonyl (C=O) groups excluding carboxylic acids is 2. The van der Waals surface area contributed by atoms with Gasteiger partial charge in [0.1, 0.15) is 6.54 Å². The van der Waals surface area contributed by atoms with Crippen molar-refractivity contribution in [3.05, 3.63) is 42.2 Å². The van der Waals surface area contributed by atoms with Gasteiger partial charge in [-0.05, 0) is 31.5 Å². The molecule has 1 aromatic carbocycles. The molecule has 2 aromatic rings. The van der Waals surface area contributed by atoms with Crippen LogP contribution in [0.4, 0.5) is 11.4 Å². The van der Waals surface area contributed by atoms with E-state index in [1.54, 1.807) is 12.3 Å². The van der Waals surface area contributed by atoms with Crippen LogP contribution in [0.1, 0.15) is 12.5 Å². The molecule has 2 N–H and O–H groups in total. The fraction of sp³-hybridized carbons (Fsp3) is 0.353. The predicted molar refractivity (Wildman–Crippen MR) is 91.9 cm³/mol. The van der Waals surface area contributed by atoms with Crippen molar-refractivity contribution in [3.63, 3.8) is 0 Å². The van der Waals surface area contributed by atoms with E-state index in [4.69, 9.17) is 0 Å². The molecule has 0 aliphatic carbocycles. The lowest BCUT2D eigenvalue weighted by Crippen LogP contribution is -2.50. The minimum absolute atomic E-state index is 0.0419. The first-order chi connectivity index (χ1) is 11.5. The molecule has 1 aliphatic heterocycles. The normalized spacial score (nSPS) is 14.9. The van der Waals surface area contributed by atoms with Crippen LogP contribution in [0.2, 0.25) is 0 Å². The molecular formula is C17H21N5O2. The molecule has 1 aromatic heterocycles. The lowest BCUT2D eigenvalue weighted by molar-refractivity contribution is -0.123. The highest BCUT2D eigenvalue weighted by molar-refractivity contribution is 6.11. The zero-order chi connectivity index (χ0) is 17.1. The molecule has 1 atom stereocenters.